The Balaban J connectivity index is 1.85. The van der Waals surface area contributed by atoms with Gasteiger partial charge in [0.1, 0.15) is 4.34 Å². The van der Waals surface area contributed by atoms with E-state index < -0.39 is 5.91 Å². The van der Waals surface area contributed by atoms with Gasteiger partial charge < -0.3 is 14.0 Å². The van der Waals surface area contributed by atoms with Crippen LogP contribution in [-0.4, -0.2) is 29.3 Å². The molecule has 1 aliphatic heterocycles. The molecule has 0 aliphatic carbocycles. The molecule has 0 N–H and O–H groups in total. The zero-order chi connectivity index (χ0) is 18.3. The highest BCUT2D eigenvalue weighted by Gasteiger charge is 2.19. The normalized spacial score (nSPS) is 13.7. The molecule has 4 rings (SSSR count). The Morgan fingerprint density at radius 3 is 2.73 bits per heavy atom. The van der Waals surface area contributed by atoms with E-state index in [0.717, 1.165) is 33.9 Å². The van der Waals surface area contributed by atoms with Crippen LogP contribution >= 0.6 is 57.6 Å². The summed E-state index contributed by atoms with van der Waals surface area (Å²) >= 11 is 16.3. The Hall–Kier alpha value is -1.19. The number of hydrogen-bond donors (Lipinski definition) is 0. The summed E-state index contributed by atoms with van der Waals surface area (Å²) in [6.45, 7) is 0.954. The molecular formula is C16H12Cl2N2O3S3. The van der Waals surface area contributed by atoms with E-state index in [0.29, 0.717) is 30.5 Å². The van der Waals surface area contributed by atoms with Gasteiger partial charge in [0.05, 0.1) is 20.1 Å². The number of amides is 1. The average Bonchev–Trinajstić information content (AvgIpc) is 3.27. The van der Waals surface area contributed by atoms with Crippen LogP contribution < -0.4 is 14.3 Å². The van der Waals surface area contributed by atoms with Gasteiger partial charge in [-0.05, 0) is 12.3 Å². The van der Waals surface area contributed by atoms with Gasteiger partial charge in [-0.3, -0.25) is 4.79 Å². The molecule has 136 valence electrons. The van der Waals surface area contributed by atoms with Gasteiger partial charge in [0.2, 0.25) is 6.79 Å². The van der Waals surface area contributed by atoms with E-state index in [1.165, 1.54) is 11.3 Å². The second kappa shape index (κ2) is 7.44. The summed E-state index contributed by atoms with van der Waals surface area (Å²) in [6.07, 6.45) is 2.04. The number of rotatable bonds is 4. The number of carbonyl (C=O) groups excluding carboxylic acids is 1. The number of thioether (sulfide) groups is 1. The highest BCUT2D eigenvalue weighted by atomic mass is 35.5. The molecule has 0 saturated heterocycles. The third-order valence-corrected chi connectivity index (χ3v) is 6.90. The van der Waals surface area contributed by atoms with Crippen molar-refractivity contribution in [2.75, 3.05) is 18.8 Å². The number of ether oxygens (including phenoxy) is 2. The van der Waals surface area contributed by atoms with Crippen molar-refractivity contribution in [2.24, 2.45) is 4.99 Å². The number of carbonyl (C=O) groups is 1. The first-order valence-electron chi connectivity index (χ1n) is 7.52. The zero-order valence-corrected chi connectivity index (χ0v) is 17.4. The van der Waals surface area contributed by atoms with E-state index in [2.05, 4.69) is 4.99 Å². The van der Waals surface area contributed by atoms with Gasteiger partial charge >= 0.3 is 0 Å². The molecule has 3 aromatic rings. The minimum atomic E-state index is -0.400. The molecule has 1 aromatic carbocycles. The summed E-state index contributed by atoms with van der Waals surface area (Å²) in [5.74, 6) is 1.91. The molecule has 10 heteroatoms. The Morgan fingerprint density at radius 2 is 2.04 bits per heavy atom. The lowest BCUT2D eigenvalue weighted by Gasteiger charge is -2.04. The number of halogens is 2. The maximum atomic E-state index is 12.6. The molecule has 0 saturated carbocycles. The predicted molar refractivity (Wildman–Crippen MR) is 109 cm³/mol. The molecule has 0 bridgehead atoms. The van der Waals surface area contributed by atoms with Crippen LogP contribution in [0.15, 0.2) is 23.2 Å². The number of fused-ring (bicyclic) bond motifs is 2. The first kappa shape index (κ1) is 18.2. The summed E-state index contributed by atoms with van der Waals surface area (Å²) < 4.78 is 14.7. The number of hydrogen-bond acceptors (Lipinski definition) is 6. The van der Waals surface area contributed by atoms with Crippen LogP contribution in [-0.2, 0) is 6.54 Å². The van der Waals surface area contributed by atoms with Crippen LogP contribution in [0, 0.1) is 0 Å². The van der Waals surface area contributed by atoms with E-state index >= 15 is 0 Å². The molecule has 3 heterocycles. The number of thiazole rings is 1. The molecule has 0 unspecified atom stereocenters. The lowest BCUT2D eigenvalue weighted by Crippen LogP contribution is -2.18. The Morgan fingerprint density at radius 1 is 1.27 bits per heavy atom. The van der Waals surface area contributed by atoms with E-state index in [9.17, 15) is 4.79 Å². The first-order valence-corrected chi connectivity index (χ1v) is 11.3. The second-order valence-corrected chi connectivity index (χ2v) is 9.64. The molecular weight excluding hydrogens is 435 g/mol. The highest BCUT2D eigenvalue weighted by Crippen LogP contribution is 2.37. The number of aromatic nitrogens is 1. The van der Waals surface area contributed by atoms with Gasteiger partial charge in [0.25, 0.3) is 5.91 Å². The van der Waals surface area contributed by atoms with Crippen molar-refractivity contribution in [1.82, 2.24) is 4.57 Å². The van der Waals surface area contributed by atoms with E-state index in [1.807, 2.05) is 23.0 Å². The summed E-state index contributed by atoms with van der Waals surface area (Å²) in [5.41, 5.74) is 1.29. The molecule has 0 atom stereocenters. The Kier molecular flexibility index (Phi) is 5.20. The molecule has 0 fully saturated rings. The lowest BCUT2D eigenvalue weighted by atomic mass is 10.3. The van der Waals surface area contributed by atoms with Gasteiger partial charge in [-0.1, -0.05) is 34.5 Å². The van der Waals surface area contributed by atoms with Gasteiger partial charge in [0, 0.05) is 24.4 Å². The number of aryl methyl sites for hydroxylation is 1. The number of benzene rings is 1. The van der Waals surface area contributed by atoms with E-state index in [4.69, 9.17) is 32.7 Å². The third-order valence-electron chi connectivity index (χ3n) is 3.78. The minimum absolute atomic E-state index is 0.227. The van der Waals surface area contributed by atoms with E-state index in [-0.39, 0.29) is 6.79 Å². The van der Waals surface area contributed by atoms with Gasteiger partial charge in [-0.25, -0.2) is 0 Å². The monoisotopic (exact) mass is 446 g/mol. The number of nitrogens with zero attached hydrogens (tertiary/aromatic N) is 2. The zero-order valence-electron chi connectivity index (χ0n) is 13.5. The van der Waals surface area contributed by atoms with Crippen molar-refractivity contribution < 1.29 is 14.3 Å². The Labute approximate surface area is 171 Å². The van der Waals surface area contributed by atoms with E-state index in [1.54, 1.807) is 17.8 Å². The van der Waals surface area contributed by atoms with Crippen molar-refractivity contribution >= 4 is 73.8 Å². The van der Waals surface area contributed by atoms with Crippen molar-refractivity contribution in [3.63, 3.8) is 0 Å². The number of thiophene rings is 1. The van der Waals surface area contributed by atoms with Gasteiger partial charge in [-0.2, -0.15) is 16.8 Å². The lowest BCUT2D eigenvalue weighted by molar-refractivity contribution is 0.0998. The summed E-state index contributed by atoms with van der Waals surface area (Å²) in [4.78, 5) is 17.5. The van der Waals surface area contributed by atoms with Gasteiger partial charge in [-0.15, -0.1) is 11.3 Å². The fourth-order valence-corrected chi connectivity index (χ4v) is 5.45. The molecule has 1 aliphatic rings. The molecule has 1 amide bonds. The second-order valence-electron chi connectivity index (χ2n) is 5.36. The van der Waals surface area contributed by atoms with Crippen LogP contribution in [0.25, 0.3) is 10.2 Å². The summed E-state index contributed by atoms with van der Waals surface area (Å²) in [6, 6.07) is 5.42. The van der Waals surface area contributed by atoms with Crippen molar-refractivity contribution in [2.45, 2.75) is 6.54 Å². The molecule has 2 aromatic heterocycles. The predicted octanol–water partition coefficient (Wildman–Crippen LogP) is 4.90. The van der Waals surface area contributed by atoms with Crippen LogP contribution in [0.1, 0.15) is 10.4 Å². The van der Waals surface area contributed by atoms with Crippen molar-refractivity contribution in [3.05, 3.63) is 37.2 Å². The summed E-state index contributed by atoms with van der Waals surface area (Å²) in [7, 11) is 0. The fraction of sp³-hybridized carbons (Fsp3) is 0.250. The maximum Gasteiger partial charge on any atom is 0.282 e. The van der Waals surface area contributed by atoms with Gasteiger partial charge in [0.15, 0.2) is 16.3 Å². The molecule has 5 nitrogen and oxygen atoms in total. The maximum absolute atomic E-state index is 12.6. The molecule has 0 radical (unpaired) electrons. The van der Waals surface area contributed by atoms with Crippen LogP contribution in [0.2, 0.25) is 8.67 Å². The fourth-order valence-electron chi connectivity index (χ4n) is 2.58. The molecule has 26 heavy (non-hydrogen) atoms. The SMILES string of the molecule is CSCCn1c(=NC(=O)c2cc(Cl)sc2Cl)sc2cc3c(cc21)OCO3. The van der Waals surface area contributed by atoms with Crippen LogP contribution in [0.3, 0.4) is 0 Å². The average molecular weight is 447 g/mol. The van der Waals surface area contributed by atoms with Crippen LogP contribution in [0.5, 0.6) is 11.5 Å². The van der Waals surface area contributed by atoms with Crippen molar-refractivity contribution in [3.8, 4) is 11.5 Å². The quantitative estimate of drug-likeness (QED) is 0.571. The van der Waals surface area contributed by atoms with Crippen LogP contribution in [0.4, 0.5) is 0 Å². The summed E-state index contributed by atoms with van der Waals surface area (Å²) in [5, 5.41) is 0. The first-order chi connectivity index (χ1) is 12.6. The topological polar surface area (TPSA) is 52.8 Å². The standard InChI is InChI=1S/C16H12Cl2N2O3S3/c1-24-3-2-20-9-5-10-11(23-7-22-10)6-12(9)25-16(20)19-15(21)8-4-13(17)26-14(8)18/h4-6H,2-3,7H2,1H3. The largest absolute Gasteiger partial charge is 0.454 e. The smallest absolute Gasteiger partial charge is 0.282 e. The third kappa shape index (κ3) is 3.36. The van der Waals surface area contributed by atoms with Crippen molar-refractivity contribution in [1.29, 1.82) is 0 Å². The highest BCUT2D eigenvalue weighted by molar-refractivity contribution is 7.98. The minimum Gasteiger partial charge on any atom is -0.454 e. The molecule has 0 spiro atoms. The Bertz CT molecular complexity index is 1070.